The van der Waals surface area contributed by atoms with Gasteiger partial charge in [-0.25, -0.2) is 0 Å². The average molecular weight is 439 g/mol. The Bertz CT molecular complexity index is 952. The van der Waals surface area contributed by atoms with Crippen molar-refractivity contribution in [1.29, 1.82) is 0 Å². The number of carbonyl (C=O) groups excluding carboxylic acids is 1. The highest BCUT2D eigenvalue weighted by Gasteiger charge is 2.34. The number of benzene rings is 2. The van der Waals surface area contributed by atoms with E-state index in [-0.39, 0.29) is 5.41 Å². The van der Waals surface area contributed by atoms with Gasteiger partial charge in [-0.3, -0.25) is 9.79 Å². The van der Waals surface area contributed by atoms with Crippen LogP contribution in [-0.2, 0) is 12.0 Å². The Balaban J connectivity index is 1.72. The first kappa shape index (κ1) is 23.4. The number of hydrogen-bond acceptors (Lipinski definition) is 4. The summed E-state index contributed by atoms with van der Waals surface area (Å²) in [5.74, 6) is 1.79. The second kappa shape index (κ2) is 10.9. The van der Waals surface area contributed by atoms with Gasteiger partial charge in [-0.2, -0.15) is 0 Å². The Morgan fingerprint density at radius 3 is 2.44 bits per heavy atom. The molecule has 0 aliphatic heterocycles. The molecule has 3 rings (SSSR count). The molecule has 4 N–H and O–H groups in total. The molecule has 0 spiro atoms. The lowest BCUT2D eigenvalue weighted by Crippen LogP contribution is -2.46. The molecule has 7 nitrogen and oxygen atoms in total. The molecule has 1 aliphatic rings. The van der Waals surface area contributed by atoms with Crippen molar-refractivity contribution in [3.8, 4) is 11.5 Å². The normalized spacial score (nSPS) is 15.7. The maximum Gasteiger partial charge on any atom is 0.248 e. The second-order valence-corrected chi connectivity index (χ2v) is 8.25. The summed E-state index contributed by atoms with van der Waals surface area (Å²) in [4.78, 5) is 15.8. The van der Waals surface area contributed by atoms with Gasteiger partial charge in [0.1, 0.15) is 0 Å². The molecular weight excluding hydrogens is 404 g/mol. The van der Waals surface area contributed by atoms with Crippen molar-refractivity contribution in [2.45, 2.75) is 44.1 Å². The van der Waals surface area contributed by atoms with Crippen molar-refractivity contribution in [1.82, 2.24) is 10.6 Å². The molecule has 172 valence electrons. The molecule has 1 aliphatic carbocycles. The standard InChI is InChI=1S/C25H34N4O3/c1-27-24(28-16-18-8-7-9-19(14-18)23(26)30)29-17-25(12-5-4-6-13-25)20-10-11-21(31-2)22(15-20)32-3/h7-11,14-15H,4-6,12-13,16-17H2,1-3H3,(H2,26,30)(H2,27,28,29). The Morgan fingerprint density at radius 1 is 1.03 bits per heavy atom. The van der Waals surface area contributed by atoms with Crippen LogP contribution in [0, 0.1) is 0 Å². The molecule has 7 heteroatoms. The molecule has 0 heterocycles. The summed E-state index contributed by atoms with van der Waals surface area (Å²) < 4.78 is 11.0. The number of nitrogens with zero attached hydrogens (tertiary/aromatic N) is 1. The smallest absolute Gasteiger partial charge is 0.248 e. The molecule has 32 heavy (non-hydrogen) atoms. The van der Waals surface area contributed by atoms with Gasteiger partial charge in [0.15, 0.2) is 17.5 Å². The Labute approximate surface area is 190 Å². The van der Waals surface area contributed by atoms with E-state index in [1.807, 2.05) is 18.2 Å². The molecule has 0 bridgehead atoms. The molecule has 0 unspecified atom stereocenters. The average Bonchev–Trinajstić information content (AvgIpc) is 2.84. The third-order valence-corrected chi connectivity index (χ3v) is 6.30. The summed E-state index contributed by atoms with van der Waals surface area (Å²) >= 11 is 0. The number of aliphatic imine (C=N–C) groups is 1. The fourth-order valence-corrected chi connectivity index (χ4v) is 4.46. The maximum atomic E-state index is 11.4. The fourth-order valence-electron chi connectivity index (χ4n) is 4.46. The van der Waals surface area contributed by atoms with Gasteiger partial charge in [-0.1, -0.05) is 37.5 Å². The van der Waals surface area contributed by atoms with Crippen LogP contribution in [-0.4, -0.2) is 39.7 Å². The number of rotatable bonds is 8. The van der Waals surface area contributed by atoms with E-state index in [1.54, 1.807) is 33.4 Å². The van der Waals surface area contributed by atoms with Crippen LogP contribution in [0.3, 0.4) is 0 Å². The van der Waals surface area contributed by atoms with Crippen molar-refractivity contribution in [2.75, 3.05) is 27.8 Å². The van der Waals surface area contributed by atoms with Gasteiger partial charge in [0.25, 0.3) is 0 Å². The highest BCUT2D eigenvalue weighted by molar-refractivity contribution is 5.92. The molecule has 0 aromatic heterocycles. The molecule has 2 aromatic carbocycles. The van der Waals surface area contributed by atoms with E-state index in [0.29, 0.717) is 12.1 Å². The molecule has 0 saturated heterocycles. The summed E-state index contributed by atoms with van der Waals surface area (Å²) in [6.07, 6.45) is 5.86. The van der Waals surface area contributed by atoms with Gasteiger partial charge >= 0.3 is 0 Å². The van der Waals surface area contributed by atoms with Crippen LogP contribution in [0.25, 0.3) is 0 Å². The third-order valence-electron chi connectivity index (χ3n) is 6.30. The van der Waals surface area contributed by atoms with Crippen molar-refractivity contribution in [2.24, 2.45) is 10.7 Å². The van der Waals surface area contributed by atoms with Crippen molar-refractivity contribution < 1.29 is 14.3 Å². The summed E-state index contributed by atoms with van der Waals surface area (Å²) in [7, 11) is 5.09. The van der Waals surface area contributed by atoms with Gasteiger partial charge in [-0.15, -0.1) is 0 Å². The first-order valence-electron chi connectivity index (χ1n) is 11.1. The van der Waals surface area contributed by atoms with Crippen LogP contribution in [0.4, 0.5) is 0 Å². The van der Waals surface area contributed by atoms with Gasteiger partial charge in [0, 0.05) is 31.1 Å². The van der Waals surface area contributed by atoms with Gasteiger partial charge < -0.3 is 25.8 Å². The monoisotopic (exact) mass is 438 g/mol. The van der Waals surface area contributed by atoms with Crippen molar-refractivity contribution >= 4 is 11.9 Å². The molecular formula is C25H34N4O3. The lowest BCUT2D eigenvalue weighted by atomic mass is 9.69. The highest BCUT2D eigenvalue weighted by Crippen LogP contribution is 2.42. The predicted molar refractivity (Wildman–Crippen MR) is 127 cm³/mol. The predicted octanol–water partition coefficient (Wildman–Crippen LogP) is 3.37. The van der Waals surface area contributed by atoms with E-state index in [2.05, 4.69) is 27.8 Å². The second-order valence-electron chi connectivity index (χ2n) is 8.25. The molecule has 0 radical (unpaired) electrons. The van der Waals surface area contributed by atoms with Crippen LogP contribution in [0.5, 0.6) is 11.5 Å². The van der Waals surface area contributed by atoms with Crippen molar-refractivity contribution in [3.05, 3.63) is 59.2 Å². The summed E-state index contributed by atoms with van der Waals surface area (Å²) in [6.45, 7) is 1.31. The minimum absolute atomic E-state index is 0.00130. The summed E-state index contributed by atoms with van der Waals surface area (Å²) in [5, 5.41) is 6.87. The number of amides is 1. The molecule has 1 amide bonds. The minimum atomic E-state index is -0.427. The van der Waals surface area contributed by atoms with Gasteiger partial charge in [-0.05, 0) is 48.2 Å². The topological polar surface area (TPSA) is 98.0 Å². The van der Waals surface area contributed by atoms with Crippen LogP contribution in [0.1, 0.15) is 53.6 Å². The first-order valence-corrected chi connectivity index (χ1v) is 11.1. The van der Waals surface area contributed by atoms with Gasteiger partial charge in [0.2, 0.25) is 5.91 Å². The van der Waals surface area contributed by atoms with E-state index >= 15 is 0 Å². The Hall–Kier alpha value is -3.22. The number of nitrogens with one attached hydrogen (secondary N) is 2. The van der Waals surface area contributed by atoms with Crippen LogP contribution in [0.15, 0.2) is 47.5 Å². The lowest BCUT2D eigenvalue weighted by molar-refractivity contribution is 0.1000. The zero-order valence-electron chi connectivity index (χ0n) is 19.2. The van der Waals surface area contributed by atoms with E-state index in [0.717, 1.165) is 42.4 Å². The Morgan fingerprint density at radius 2 is 1.78 bits per heavy atom. The number of ether oxygens (including phenoxy) is 2. The molecule has 2 aromatic rings. The quantitative estimate of drug-likeness (QED) is 0.434. The number of primary amides is 1. The van der Waals surface area contributed by atoms with Crippen LogP contribution >= 0.6 is 0 Å². The van der Waals surface area contributed by atoms with Crippen LogP contribution in [0.2, 0.25) is 0 Å². The van der Waals surface area contributed by atoms with Crippen LogP contribution < -0.4 is 25.8 Å². The third kappa shape index (κ3) is 5.52. The number of methoxy groups -OCH3 is 2. The maximum absolute atomic E-state index is 11.4. The fraction of sp³-hybridized carbons (Fsp3) is 0.440. The zero-order chi connectivity index (χ0) is 23.0. The zero-order valence-corrected chi connectivity index (χ0v) is 19.2. The van der Waals surface area contributed by atoms with Gasteiger partial charge in [0.05, 0.1) is 14.2 Å². The molecule has 0 atom stereocenters. The summed E-state index contributed by atoms with van der Waals surface area (Å²) in [5.41, 5.74) is 8.12. The van der Waals surface area contributed by atoms with E-state index in [9.17, 15) is 4.79 Å². The SMILES string of the molecule is CN=C(NCc1cccc(C(N)=O)c1)NCC1(c2ccc(OC)c(OC)c2)CCCCC1. The van der Waals surface area contributed by atoms with E-state index in [4.69, 9.17) is 15.2 Å². The Kier molecular flexibility index (Phi) is 7.98. The minimum Gasteiger partial charge on any atom is -0.493 e. The van der Waals surface area contributed by atoms with Crippen molar-refractivity contribution in [3.63, 3.8) is 0 Å². The summed E-state index contributed by atoms with van der Waals surface area (Å²) in [6, 6.07) is 13.6. The lowest BCUT2D eigenvalue weighted by Gasteiger charge is -2.38. The number of carbonyl (C=O) groups is 1. The molecule has 1 fully saturated rings. The number of nitrogens with two attached hydrogens (primary N) is 1. The first-order chi connectivity index (χ1) is 15.5. The number of hydrogen-bond donors (Lipinski definition) is 3. The van der Waals surface area contributed by atoms with E-state index < -0.39 is 5.91 Å². The largest absolute Gasteiger partial charge is 0.493 e. The molecule has 1 saturated carbocycles. The number of guanidine groups is 1. The highest BCUT2D eigenvalue weighted by atomic mass is 16.5. The van der Waals surface area contributed by atoms with E-state index in [1.165, 1.54) is 24.8 Å².